The highest BCUT2D eigenvalue weighted by Gasteiger charge is 2.31. The Balaban J connectivity index is 2.46. The minimum atomic E-state index is -1.17. The topological polar surface area (TPSA) is 66.6 Å². The number of aliphatic hydroxyl groups excluding tert-OH is 1. The summed E-state index contributed by atoms with van der Waals surface area (Å²) in [6.07, 6.45) is 2.91. The summed E-state index contributed by atoms with van der Waals surface area (Å²) in [4.78, 5) is 11.8. The Bertz CT molecular complexity index is 509. The van der Waals surface area contributed by atoms with E-state index in [0.29, 0.717) is 19.0 Å². The van der Waals surface area contributed by atoms with Gasteiger partial charge in [-0.3, -0.25) is 10.1 Å². The highest BCUT2D eigenvalue weighted by molar-refractivity contribution is 5.64. The Kier molecular flexibility index (Phi) is 4.49. The summed E-state index contributed by atoms with van der Waals surface area (Å²) in [7, 11) is 0. The van der Waals surface area contributed by atoms with E-state index in [4.69, 9.17) is 5.11 Å². The SMILES string of the molecule is O=[N+]([O-])c1c(F)cc(F)cc1N1CCCCC1CCO. The Hall–Kier alpha value is -1.76. The molecule has 2 rings (SSSR count). The molecular formula is C13H16F2N2O3. The number of hydrogen-bond donors (Lipinski definition) is 1. The second-order valence-corrected chi connectivity index (χ2v) is 4.87. The fourth-order valence-corrected chi connectivity index (χ4v) is 2.72. The first-order valence-corrected chi connectivity index (χ1v) is 6.55. The van der Waals surface area contributed by atoms with Gasteiger partial charge in [0, 0.05) is 31.3 Å². The van der Waals surface area contributed by atoms with Gasteiger partial charge in [-0.05, 0) is 25.7 Å². The lowest BCUT2D eigenvalue weighted by Gasteiger charge is -2.37. The maximum Gasteiger partial charge on any atom is 0.328 e. The van der Waals surface area contributed by atoms with Crippen molar-refractivity contribution >= 4 is 11.4 Å². The molecule has 1 fully saturated rings. The smallest absolute Gasteiger partial charge is 0.328 e. The van der Waals surface area contributed by atoms with E-state index >= 15 is 0 Å². The molecule has 1 aromatic rings. The zero-order chi connectivity index (χ0) is 14.7. The van der Waals surface area contributed by atoms with Crippen LogP contribution < -0.4 is 4.90 Å². The highest BCUT2D eigenvalue weighted by Crippen LogP contribution is 2.36. The van der Waals surface area contributed by atoms with Gasteiger partial charge in [-0.1, -0.05) is 0 Å². The van der Waals surface area contributed by atoms with Crippen LogP contribution in [0.15, 0.2) is 12.1 Å². The van der Waals surface area contributed by atoms with E-state index in [1.807, 2.05) is 0 Å². The number of nitrogens with zero attached hydrogens (tertiary/aromatic N) is 2. The van der Waals surface area contributed by atoms with Gasteiger partial charge in [-0.2, -0.15) is 4.39 Å². The molecule has 0 spiro atoms. The summed E-state index contributed by atoms with van der Waals surface area (Å²) in [5, 5.41) is 20.1. The maximum atomic E-state index is 13.7. The number of rotatable bonds is 4. The van der Waals surface area contributed by atoms with E-state index < -0.39 is 22.2 Å². The lowest BCUT2D eigenvalue weighted by molar-refractivity contribution is -0.386. The van der Waals surface area contributed by atoms with Gasteiger partial charge >= 0.3 is 5.69 Å². The molecule has 0 aromatic heterocycles. The third kappa shape index (κ3) is 2.87. The number of aliphatic hydroxyl groups is 1. The summed E-state index contributed by atoms with van der Waals surface area (Å²) in [5.74, 6) is -2.00. The van der Waals surface area contributed by atoms with Crippen molar-refractivity contribution in [3.8, 4) is 0 Å². The number of benzene rings is 1. The minimum absolute atomic E-state index is 0.0364. The van der Waals surface area contributed by atoms with Crippen molar-refractivity contribution in [2.45, 2.75) is 31.7 Å². The van der Waals surface area contributed by atoms with Crippen LogP contribution in [-0.4, -0.2) is 29.2 Å². The molecule has 0 saturated carbocycles. The van der Waals surface area contributed by atoms with Gasteiger partial charge in [0.2, 0.25) is 5.82 Å². The van der Waals surface area contributed by atoms with Gasteiger partial charge in [0.25, 0.3) is 0 Å². The van der Waals surface area contributed by atoms with E-state index in [2.05, 4.69) is 0 Å². The number of nitro groups is 1. The van der Waals surface area contributed by atoms with Gasteiger partial charge in [0.1, 0.15) is 11.5 Å². The van der Waals surface area contributed by atoms with Gasteiger partial charge in [-0.15, -0.1) is 0 Å². The third-order valence-electron chi connectivity index (χ3n) is 3.59. The highest BCUT2D eigenvalue weighted by atomic mass is 19.1. The van der Waals surface area contributed by atoms with Crippen molar-refractivity contribution < 1.29 is 18.8 Å². The molecule has 1 heterocycles. The monoisotopic (exact) mass is 286 g/mol. The normalized spacial score (nSPS) is 19.1. The molecule has 0 aliphatic carbocycles. The molecule has 20 heavy (non-hydrogen) atoms. The van der Waals surface area contributed by atoms with Crippen LogP contribution in [-0.2, 0) is 0 Å². The molecule has 1 atom stereocenters. The molecular weight excluding hydrogens is 270 g/mol. The van der Waals surface area contributed by atoms with E-state index in [0.717, 1.165) is 25.3 Å². The standard InChI is InChI=1S/C13H16F2N2O3/c14-9-7-11(15)13(17(19)20)12(8-9)16-5-2-1-3-10(16)4-6-18/h7-8,10,18H,1-6H2. The third-order valence-corrected chi connectivity index (χ3v) is 3.59. The lowest BCUT2D eigenvalue weighted by Crippen LogP contribution is -2.40. The Morgan fingerprint density at radius 3 is 2.80 bits per heavy atom. The zero-order valence-electron chi connectivity index (χ0n) is 10.9. The Morgan fingerprint density at radius 2 is 2.15 bits per heavy atom. The lowest BCUT2D eigenvalue weighted by atomic mass is 9.98. The summed E-state index contributed by atoms with van der Waals surface area (Å²) in [5.41, 5.74) is -0.734. The predicted octanol–water partition coefficient (Wildman–Crippen LogP) is 2.61. The first kappa shape index (κ1) is 14.6. The van der Waals surface area contributed by atoms with E-state index in [1.165, 1.54) is 0 Å². The van der Waals surface area contributed by atoms with Crippen molar-refractivity contribution in [2.24, 2.45) is 0 Å². The zero-order valence-corrected chi connectivity index (χ0v) is 10.9. The Labute approximate surface area is 115 Å². The molecule has 1 saturated heterocycles. The van der Waals surface area contributed by atoms with Crippen molar-refractivity contribution in [1.82, 2.24) is 0 Å². The second kappa shape index (κ2) is 6.13. The van der Waals surface area contributed by atoms with E-state index in [1.54, 1.807) is 4.90 Å². The van der Waals surface area contributed by atoms with Crippen molar-refractivity contribution in [2.75, 3.05) is 18.1 Å². The summed E-state index contributed by atoms with van der Waals surface area (Å²) < 4.78 is 27.1. The molecule has 7 heteroatoms. The first-order valence-electron chi connectivity index (χ1n) is 6.55. The molecule has 1 aliphatic rings. The van der Waals surface area contributed by atoms with E-state index in [-0.39, 0.29) is 18.3 Å². The van der Waals surface area contributed by atoms with Gasteiger partial charge in [-0.25, -0.2) is 4.39 Å². The molecule has 1 aromatic carbocycles. The van der Waals surface area contributed by atoms with Crippen LogP contribution in [0.4, 0.5) is 20.2 Å². The number of hydrogen-bond acceptors (Lipinski definition) is 4. The first-order chi connectivity index (χ1) is 9.54. The molecule has 5 nitrogen and oxygen atoms in total. The second-order valence-electron chi connectivity index (χ2n) is 4.87. The van der Waals surface area contributed by atoms with Crippen LogP contribution in [0.1, 0.15) is 25.7 Å². The largest absolute Gasteiger partial charge is 0.396 e. The van der Waals surface area contributed by atoms with Crippen LogP contribution in [0.2, 0.25) is 0 Å². The molecule has 1 unspecified atom stereocenters. The number of nitro benzene ring substituents is 1. The van der Waals surface area contributed by atoms with Crippen molar-refractivity contribution in [1.29, 1.82) is 0 Å². The Morgan fingerprint density at radius 1 is 1.40 bits per heavy atom. The van der Waals surface area contributed by atoms with E-state index in [9.17, 15) is 18.9 Å². The predicted molar refractivity (Wildman–Crippen MR) is 69.7 cm³/mol. The number of anilines is 1. The van der Waals surface area contributed by atoms with Crippen LogP contribution in [0, 0.1) is 21.7 Å². The van der Waals surface area contributed by atoms with Crippen LogP contribution in [0.25, 0.3) is 0 Å². The average Bonchev–Trinajstić information content (AvgIpc) is 2.38. The molecule has 1 N–H and O–H groups in total. The minimum Gasteiger partial charge on any atom is -0.396 e. The van der Waals surface area contributed by atoms with Gasteiger partial charge in [0.15, 0.2) is 0 Å². The molecule has 0 bridgehead atoms. The van der Waals surface area contributed by atoms with Crippen molar-refractivity contribution in [3.63, 3.8) is 0 Å². The van der Waals surface area contributed by atoms with Gasteiger partial charge in [0.05, 0.1) is 4.92 Å². The average molecular weight is 286 g/mol. The van der Waals surface area contributed by atoms with Crippen molar-refractivity contribution in [3.05, 3.63) is 33.9 Å². The van der Waals surface area contributed by atoms with Crippen LogP contribution in [0.5, 0.6) is 0 Å². The fraction of sp³-hybridized carbons (Fsp3) is 0.538. The van der Waals surface area contributed by atoms with Gasteiger partial charge < -0.3 is 10.0 Å². The van der Waals surface area contributed by atoms with Crippen LogP contribution >= 0.6 is 0 Å². The fourth-order valence-electron chi connectivity index (χ4n) is 2.72. The molecule has 1 aliphatic heterocycles. The molecule has 110 valence electrons. The summed E-state index contributed by atoms with van der Waals surface area (Å²) in [6, 6.07) is 1.39. The number of piperidine rings is 1. The maximum absolute atomic E-state index is 13.7. The number of halogens is 2. The quantitative estimate of drug-likeness (QED) is 0.682. The van der Waals surface area contributed by atoms with Crippen LogP contribution in [0.3, 0.4) is 0 Å². The molecule has 0 amide bonds. The summed E-state index contributed by atoms with van der Waals surface area (Å²) in [6.45, 7) is 0.432. The summed E-state index contributed by atoms with van der Waals surface area (Å²) >= 11 is 0. The molecule has 0 radical (unpaired) electrons.